The minimum atomic E-state index is -0.382. The summed E-state index contributed by atoms with van der Waals surface area (Å²) in [6.45, 7) is 3.66. The van der Waals surface area contributed by atoms with Crippen LogP contribution in [0, 0.1) is 13.8 Å². The standard InChI is InChI=1S/C15H18N4O2S/c1-9-7-5-6-8-11(9)17-14(21)18-15-16-10(2)12(22-15)13(20)19(3)4/h5-8H,1-4H3,(H2,16,17,18,21). The molecule has 0 atom stereocenters. The number of amides is 3. The maximum Gasteiger partial charge on any atom is 0.325 e. The molecule has 0 bridgehead atoms. The normalized spacial score (nSPS) is 10.2. The number of benzene rings is 1. The summed E-state index contributed by atoms with van der Waals surface area (Å²) in [5.74, 6) is -0.123. The first kappa shape index (κ1) is 16.0. The topological polar surface area (TPSA) is 74.3 Å². The van der Waals surface area contributed by atoms with Gasteiger partial charge in [-0.1, -0.05) is 29.5 Å². The van der Waals surface area contributed by atoms with Gasteiger partial charge in [0, 0.05) is 19.8 Å². The van der Waals surface area contributed by atoms with Crippen molar-refractivity contribution in [3.8, 4) is 0 Å². The number of para-hydroxylation sites is 1. The number of carbonyl (C=O) groups is 2. The number of aryl methyl sites for hydroxylation is 2. The average molecular weight is 318 g/mol. The van der Waals surface area contributed by atoms with Gasteiger partial charge in [-0.15, -0.1) is 0 Å². The summed E-state index contributed by atoms with van der Waals surface area (Å²) in [6.07, 6.45) is 0. The van der Waals surface area contributed by atoms with Gasteiger partial charge < -0.3 is 10.2 Å². The molecule has 0 aliphatic carbocycles. The van der Waals surface area contributed by atoms with Gasteiger partial charge in [-0.25, -0.2) is 9.78 Å². The molecule has 3 amide bonds. The van der Waals surface area contributed by atoms with Crippen molar-refractivity contribution in [1.29, 1.82) is 0 Å². The minimum absolute atomic E-state index is 0.123. The van der Waals surface area contributed by atoms with E-state index in [1.807, 2.05) is 31.2 Å². The lowest BCUT2D eigenvalue weighted by Crippen LogP contribution is -2.21. The third-order valence-electron chi connectivity index (χ3n) is 3.01. The summed E-state index contributed by atoms with van der Waals surface area (Å²) >= 11 is 1.16. The molecule has 0 spiro atoms. The van der Waals surface area contributed by atoms with Crippen molar-refractivity contribution in [2.24, 2.45) is 0 Å². The highest BCUT2D eigenvalue weighted by Crippen LogP contribution is 2.24. The molecule has 2 N–H and O–H groups in total. The number of thiazole rings is 1. The van der Waals surface area contributed by atoms with E-state index in [-0.39, 0.29) is 11.9 Å². The molecule has 0 unspecified atom stereocenters. The Morgan fingerprint density at radius 3 is 2.45 bits per heavy atom. The second-order valence-electron chi connectivity index (χ2n) is 5.03. The van der Waals surface area contributed by atoms with Gasteiger partial charge in [0.05, 0.1) is 5.69 Å². The number of carbonyl (C=O) groups excluding carboxylic acids is 2. The number of hydrogen-bond donors (Lipinski definition) is 2. The van der Waals surface area contributed by atoms with Gasteiger partial charge in [0.15, 0.2) is 5.13 Å². The van der Waals surface area contributed by atoms with Crippen LogP contribution in [-0.2, 0) is 0 Å². The Kier molecular flexibility index (Phi) is 4.77. The van der Waals surface area contributed by atoms with Crippen molar-refractivity contribution in [1.82, 2.24) is 9.88 Å². The molecule has 0 saturated heterocycles. The summed E-state index contributed by atoms with van der Waals surface area (Å²) in [5, 5.41) is 5.82. The molecule has 2 rings (SSSR count). The third-order valence-corrected chi connectivity index (χ3v) is 4.07. The van der Waals surface area contributed by atoms with Crippen LogP contribution in [0.4, 0.5) is 15.6 Å². The summed E-state index contributed by atoms with van der Waals surface area (Å²) in [4.78, 5) is 30.2. The Morgan fingerprint density at radius 1 is 1.14 bits per heavy atom. The Labute approximate surface area is 133 Å². The SMILES string of the molecule is Cc1ccccc1NC(=O)Nc1nc(C)c(C(=O)N(C)C)s1. The van der Waals surface area contributed by atoms with Crippen LogP contribution in [0.5, 0.6) is 0 Å². The highest BCUT2D eigenvalue weighted by molar-refractivity contribution is 7.17. The number of nitrogens with zero attached hydrogens (tertiary/aromatic N) is 2. The number of anilines is 2. The van der Waals surface area contributed by atoms with Gasteiger partial charge in [0.25, 0.3) is 5.91 Å². The van der Waals surface area contributed by atoms with Crippen molar-refractivity contribution >= 4 is 34.1 Å². The maximum absolute atomic E-state index is 12.0. The van der Waals surface area contributed by atoms with E-state index >= 15 is 0 Å². The Hall–Kier alpha value is -2.41. The van der Waals surface area contributed by atoms with E-state index in [1.165, 1.54) is 4.90 Å². The van der Waals surface area contributed by atoms with Crippen LogP contribution < -0.4 is 10.6 Å². The van der Waals surface area contributed by atoms with Crippen LogP contribution in [0.1, 0.15) is 20.9 Å². The number of hydrogen-bond acceptors (Lipinski definition) is 4. The second kappa shape index (κ2) is 6.57. The lowest BCUT2D eigenvalue weighted by molar-refractivity contribution is 0.0831. The van der Waals surface area contributed by atoms with Crippen molar-refractivity contribution in [3.05, 3.63) is 40.4 Å². The minimum Gasteiger partial charge on any atom is -0.344 e. The molecule has 0 aliphatic rings. The van der Waals surface area contributed by atoms with E-state index in [2.05, 4.69) is 15.6 Å². The zero-order valence-corrected chi connectivity index (χ0v) is 13.7. The molecule has 1 heterocycles. The van der Waals surface area contributed by atoms with Gasteiger partial charge in [0.1, 0.15) is 4.88 Å². The number of urea groups is 1. The Morgan fingerprint density at radius 2 is 1.82 bits per heavy atom. The van der Waals surface area contributed by atoms with Gasteiger partial charge in [-0.05, 0) is 25.5 Å². The summed E-state index contributed by atoms with van der Waals surface area (Å²) in [6, 6.07) is 7.11. The van der Waals surface area contributed by atoms with Crippen LogP contribution in [0.25, 0.3) is 0 Å². The fourth-order valence-corrected chi connectivity index (χ4v) is 2.80. The average Bonchev–Trinajstić information content (AvgIpc) is 2.81. The number of rotatable bonds is 3. The zero-order chi connectivity index (χ0) is 16.3. The van der Waals surface area contributed by atoms with Crippen LogP contribution in [0.15, 0.2) is 24.3 Å². The smallest absolute Gasteiger partial charge is 0.325 e. The largest absolute Gasteiger partial charge is 0.344 e. The fraction of sp³-hybridized carbons (Fsp3) is 0.267. The molecule has 0 fully saturated rings. The molecule has 7 heteroatoms. The van der Waals surface area contributed by atoms with Gasteiger partial charge in [-0.2, -0.15) is 0 Å². The molecule has 1 aromatic carbocycles. The van der Waals surface area contributed by atoms with E-state index in [1.54, 1.807) is 21.0 Å². The van der Waals surface area contributed by atoms with Crippen molar-refractivity contribution in [3.63, 3.8) is 0 Å². The van der Waals surface area contributed by atoms with Gasteiger partial charge in [-0.3, -0.25) is 10.1 Å². The van der Waals surface area contributed by atoms with E-state index in [0.717, 1.165) is 22.6 Å². The highest BCUT2D eigenvalue weighted by atomic mass is 32.1. The summed E-state index contributed by atoms with van der Waals surface area (Å²) < 4.78 is 0. The zero-order valence-electron chi connectivity index (χ0n) is 12.9. The van der Waals surface area contributed by atoms with Crippen molar-refractivity contribution in [2.75, 3.05) is 24.7 Å². The van der Waals surface area contributed by atoms with Crippen molar-refractivity contribution in [2.45, 2.75) is 13.8 Å². The van der Waals surface area contributed by atoms with E-state index in [4.69, 9.17) is 0 Å². The van der Waals surface area contributed by atoms with E-state index in [9.17, 15) is 9.59 Å². The predicted octanol–water partition coefficient (Wildman–Crippen LogP) is 3.11. The predicted molar refractivity (Wildman–Crippen MR) is 88.7 cm³/mol. The molecular formula is C15H18N4O2S. The molecule has 1 aromatic heterocycles. The Bertz CT molecular complexity index is 709. The number of aromatic nitrogens is 1. The van der Waals surface area contributed by atoms with Crippen LogP contribution in [0.2, 0.25) is 0 Å². The first-order valence-corrected chi connectivity index (χ1v) is 7.53. The lowest BCUT2D eigenvalue weighted by Gasteiger charge is -2.08. The molecule has 0 aliphatic heterocycles. The van der Waals surface area contributed by atoms with Gasteiger partial charge in [0.2, 0.25) is 0 Å². The molecule has 2 aromatic rings. The first-order chi connectivity index (χ1) is 10.4. The quantitative estimate of drug-likeness (QED) is 0.913. The highest BCUT2D eigenvalue weighted by Gasteiger charge is 2.18. The summed E-state index contributed by atoms with van der Waals surface area (Å²) in [7, 11) is 3.36. The first-order valence-electron chi connectivity index (χ1n) is 6.71. The monoisotopic (exact) mass is 318 g/mol. The molecule has 0 saturated carbocycles. The second-order valence-corrected chi connectivity index (χ2v) is 6.03. The molecular weight excluding hydrogens is 300 g/mol. The van der Waals surface area contributed by atoms with Crippen LogP contribution >= 0.6 is 11.3 Å². The summed E-state index contributed by atoms with van der Waals surface area (Å²) in [5.41, 5.74) is 2.31. The molecule has 22 heavy (non-hydrogen) atoms. The van der Waals surface area contributed by atoms with E-state index in [0.29, 0.717) is 15.7 Å². The lowest BCUT2D eigenvalue weighted by atomic mass is 10.2. The molecule has 0 radical (unpaired) electrons. The molecule has 116 valence electrons. The Balaban J connectivity index is 2.08. The fourth-order valence-electron chi connectivity index (χ4n) is 1.82. The van der Waals surface area contributed by atoms with Crippen LogP contribution in [-0.4, -0.2) is 35.9 Å². The van der Waals surface area contributed by atoms with Gasteiger partial charge >= 0.3 is 6.03 Å². The molecule has 6 nitrogen and oxygen atoms in total. The maximum atomic E-state index is 12.0. The third kappa shape index (κ3) is 3.62. The number of nitrogens with one attached hydrogen (secondary N) is 2. The van der Waals surface area contributed by atoms with Crippen LogP contribution in [0.3, 0.4) is 0 Å². The van der Waals surface area contributed by atoms with Crippen molar-refractivity contribution < 1.29 is 9.59 Å². The van der Waals surface area contributed by atoms with E-state index < -0.39 is 0 Å².